The van der Waals surface area contributed by atoms with Crippen molar-refractivity contribution >= 4 is 27.5 Å². The van der Waals surface area contributed by atoms with Crippen LogP contribution in [0.25, 0.3) is 21.3 Å². The molecule has 3 rings (SSSR count). The zero-order valence-corrected chi connectivity index (χ0v) is 17.1. The molecule has 6 heteroatoms. The van der Waals surface area contributed by atoms with Gasteiger partial charge in [0.05, 0.1) is 12.0 Å². The van der Waals surface area contributed by atoms with Gasteiger partial charge in [-0.2, -0.15) is 0 Å². The molecule has 2 heterocycles. The van der Waals surface area contributed by atoms with Crippen LogP contribution in [0.15, 0.2) is 35.1 Å². The number of ether oxygens (including phenoxy) is 1. The first-order valence-electron chi connectivity index (χ1n) is 9.11. The van der Waals surface area contributed by atoms with Crippen LogP contribution in [-0.4, -0.2) is 22.1 Å². The minimum Gasteiger partial charge on any atom is -0.464 e. The van der Waals surface area contributed by atoms with E-state index in [1.54, 1.807) is 20.8 Å². The number of hydrogen-bond acceptors (Lipinski definition) is 5. The smallest absolute Gasteiger partial charge is 0.331 e. The molecule has 27 heavy (non-hydrogen) atoms. The Morgan fingerprint density at radius 1 is 1.22 bits per heavy atom. The van der Waals surface area contributed by atoms with E-state index in [1.807, 2.05) is 44.2 Å². The van der Waals surface area contributed by atoms with Crippen LogP contribution >= 0.6 is 11.3 Å². The Morgan fingerprint density at radius 3 is 2.48 bits per heavy atom. The van der Waals surface area contributed by atoms with Gasteiger partial charge in [0, 0.05) is 16.9 Å². The van der Waals surface area contributed by atoms with Crippen LogP contribution in [0, 0.1) is 6.92 Å². The molecule has 2 aromatic heterocycles. The molecule has 0 aliphatic rings. The van der Waals surface area contributed by atoms with Crippen molar-refractivity contribution < 1.29 is 9.53 Å². The van der Waals surface area contributed by atoms with E-state index in [1.165, 1.54) is 15.9 Å². The molecule has 1 aromatic carbocycles. The molecular weight excluding hydrogens is 360 g/mol. The highest BCUT2D eigenvalue weighted by Gasteiger charge is 2.35. The summed E-state index contributed by atoms with van der Waals surface area (Å²) in [5, 5.41) is 0.568. The number of rotatable bonds is 5. The molecule has 0 amide bonds. The van der Waals surface area contributed by atoms with Crippen molar-refractivity contribution in [3.63, 3.8) is 0 Å². The van der Waals surface area contributed by atoms with E-state index in [0.29, 0.717) is 22.5 Å². The average molecular weight is 385 g/mol. The summed E-state index contributed by atoms with van der Waals surface area (Å²) >= 11 is 1.51. The third-order valence-electron chi connectivity index (χ3n) is 4.68. The summed E-state index contributed by atoms with van der Waals surface area (Å²) in [5.41, 5.74) is 0.538. The molecule has 0 saturated carbocycles. The predicted molar refractivity (Wildman–Crippen MR) is 109 cm³/mol. The van der Waals surface area contributed by atoms with Crippen molar-refractivity contribution in [2.45, 2.75) is 46.6 Å². The van der Waals surface area contributed by atoms with Gasteiger partial charge in [0.2, 0.25) is 0 Å². The molecule has 3 aromatic rings. The van der Waals surface area contributed by atoms with Crippen molar-refractivity contribution in [1.82, 2.24) is 9.55 Å². The van der Waals surface area contributed by atoms with E-state index in [-0.39, 0.29) is 12.2 Å². The number of aromatic nitrogens is 2. The minimum atomic E-state index is -1.14. The molecule has 142 valence electrons. The molecule has 0 unspecified atom stereocenters. The fourth-order valence-corrected chi connectivity index (χ4v) is 4.42. The minimum absolute atomic E-state index is 0.196. The van der Waals surface area contributed by atoms with Crippen molar-refractivity contribution in [3.8, 4) is 11.1 Å². The van der Waals surface area contributed by atoms with Crippen molar-refractivity contribution in [2.24, 2.45) is 0 Å². The monoisotopic (exact) mass is 384 g/mol. The molecule has 0 radical (unpaired) electrons. The summed E-state index contributed by atoms with van der Waals surface area (Å²) < 4.78 is 6.73. The summed E-state index contributed by atoms with van der Waals surface area (Å²) in [6, 6.07) is 9.83. The van der Waals surface area contributed by atoms with Crippen LogP contribution in [0.2, 0.25) is 0 Å². The van der Waals surface area contributed by atoms with E-state index in [4.69, 9.17) is 9.72 Å². The summed E-state index contributed by atoms with van der Waals surface area (Å²) in [6.45, 7) is 9.38. The molecule has 0 spiro atoms. The number of hydrogen-bond donors (Lipinski definition) is 0. The number of nitrogens with zero attached hydrogens (tertiary/aromatic N) is 2. The van der Waals surface area contributed by atoms with Gasteiger partial charge in [-0.05, 0) is 33.3 Å². The Balaban J connectivity index is 2.37. The van der Waals surface area contributed by atoms with E-state index in [2.05, 4.69) is 0 Å². The number of aryl methyl sites for hydroxylation is 2. The van der Waals surface area contributed by atoms with Gasteiger partial charge in [-0.25, -0.2) is 9.78 Å². The summed E-state index contributed by atoms with van der Waals surface area (Å²) in [5.74, 6) is 0.155. The van der Waals surface area contributed by atoms with Gasteiger partial charge in [-0.3, -0.25) is 9.36 Å². The van der Waals surface area contributed by atoms with Gasteiger partial charge in [0.25, 0.3) is 5.56 Å². The maximum atomic E-state index is 13.6. The van der Waals surface area contributed by atoms with Crippen LogP contribution in [0.3, 0.4) is 0 Å². The van der Waals surface area contributed by atoms with Crippen molar-refractivity contribution in [3.05, 3.63) is 51.4 Å². The van der Waals surface area contributed by atoms with Gasteiger partial charge in [-0.15, -0.1) is 11.3 Å². The van der Waals surface area contributed by atoms with Crippen molar-refractivity contribution in [2.75, 3.05) is 6.61 Å². The van der Waals surface area contributed by atoms with Crippen LogP contribution < -0.4 is 5.56 Å². The van der Waals surface area contributed by atoms with Crippen molar-refractivity contribution in [1.29, 1.82) is 0 Å². The lowest BCUT2D eigenvalue weighted by Gasteiger charge is -2.27. The molecule has 0 saturated heterocycles. The number of carbonyl (C=O) groups excluding carboxylic acids is 1. The number of benzene rings is 1. The lowest BCUT2D eigenvalue weighted by Crippen LogP contribution is -2.45. The Morgan fingerprint density at radius 2 is 1.89 bits per heavy atom. The van der Waals surface area contributed by atoms with E-state index >= 15 is 0 Å². The Labute approximate surface area is 162 Å². The third kappa shape index (κ3) is 3.18. The normalized spacial score (nSPS) is 11.7. The standard InChI is InChI=1S/C21H24N2O3S/c1-6-15-22-18-17(16(13(3)27-18)14-11-9-8-10-12-14)19(24)23(15)21(4,5)20(25)26-7-2/h8-12H,6-7H2,1-5H3. The molecule has 0 bridgehead atoms. The second kappa shape index (κ2) is 7.27. The first kappa shape index (κ1) is 19.3. The fourth-order valence-electron chi connectivity index (χ4n) is 3.37. The largest absolute Gasteiger partial charge is 0.464 e. The summed E-state index contributed by atoms with van der Waals surface area (Å²) in [6.07, 6.45) is 0.547. The second-order valence-corrected chi connectivity index (χ2v) is 8.08. The molecule has 0 N–H and O–H groups in total. The summed E-state index contributed by atoms with van der Waals surface area (Å²) in [4.78, 5) is 32.7. The second-order valence-electron chi connectivity index (χ2n) is 6.88. The fraction of sp³-hybridized carbons (Fsp3) is 0.381. The molecule has 0 aliphatic heterocycles. The van der Waals surface area contributed by atoms with Crippen LogP contribution in [0.5, 0.6) is 0 Å². The lowest BCUT2D eigenvalue weighted by atomic mass is 10.0. The number of carbonyl (C=O) groups is 1. The molecule has 0 aliphatic carbocycles. The Kier molecular flexibility index (Phi) is 5.20. The highest BCUT2D eigenvalue weighted by atomic mass is 32.1. The van der Waals surface area contributed by atoms with Gasteiger partial charge in [0.1, 0.15) is 16.2 Å². The van der Waals surface area contributed by atoms with E-state index < -0.39 is 11.5 Å². The molecular formula is C21H24N2O3S. The predicted octanol–water partition coefficient (Wildman–Crippen LogP) is 4.29. The quantitative estimate of drug-likeness (QED) is 0.616. The average Bonchev–Trinajstić information content (AvgIpc) is 2.98. The Hall–Kier alpha value is -2.47. The van der Waals surface area contributed by atoms with Crippen LogP contribution in [-0.2, 0) is 21.5 Å². The maximum absolute atomic E-state index is 13.6. The van der Waals surface area contributed by atoms with Gasteiger partial charge >= 0.3 is 5.97 Å². The van der Waals surface area contributed by atoms with Gasteiger partial charge in [0.15, 0.2) is 0 Å². The first-order chi connectivity index (χ1) is 12.8. The highest BCUT2D eigenvalue weighted by Crippen LogP contribution is 2.36. The summed E-state index contributed by atoms with van der Waals surface area (Å²) in [7, 11) is 0. The zero-order valence-electron chi connectivity index (χ0n) is 16.3. The number of esters is 1. The van der Waals surface area contributed by atoms with E-state index in [9.17, 15) is 9.59 Å². The number of thiophene rings is 1. The van der Waals surface area contributed by atoms with Gasteiger partial charge in [-0.1, -0.05) is 37.3 Å². The number of fused-ring (bicyclic) bond motifs is 1. The molecule has 0 atom stereocenters. The van der Waals surface area contributed by atoms with Crippen LogP contribution in [0.1, 0.15) is 38.4 Å². The maximum Gasteiger partial charge on any atom is 0.331 e. The van der Waals surface area contributed by atoms with E-state index in [0.717, 1.165) is 16.0 Å². The lowest BCUT2D eigenvalue weighted by molar-refractivity contribution is -0.152. The van der Waals surface area contributed by atoms with Gasteiger partial charge < -0.3 is 4.74 Å². The first-order valence-corrected chi connectivity index (χ1v) is 9.92. The SMILES string of the molecule is CCOC(=O)C(C)(C)n1c(CC)nc2sc(C)c(-c3ccccc3)c2c1=O. The third-order valence-corrected chi connectivity index (χ3v) is 5.68. The topological polar surface area (TPSA) is 61.2 Å². The molecule has 0 fully saturated rings. The molecule has 5 nitrogen and oxygen atoms in total. The highest BCUT2D eigenvalue weighted by molar-refractivity contribution is 7.19. The van der Waals surface area contributed by atoms with Crippen LogP contribution in [0.4, 0.5) is 0 Å². The Bertz CT molecular complexity index is 1050. The zero-order chi connectivity index (χ0) is 19.8.